The van der Waals surface area contributed by atoms with Gasteiger partial charge in [-0.25, -0.2) is 4.98 Å². The van der Waals surface area contributed by atoms with Crippen LogP contribution in [0.25, 0.3) is 0 Å². The highest BCUT2D eigenvalue weighted by atomic mass is 32.1. The summed E-state index contributed by atoms with van der Waals surface area (Å²) in [6, 6.07) is 0.292. The Morgan fingerprint density at radius 1 is 1.57 bits per heavy atom. The maximum Gasteiger partial charge on any atom is 0.240 e. The molecule has 8 heteroatoms. The molecule has 0 saturated carbocycles. The van der Waals surface area contributed by atoms with Crippen molar-refractivity contribution < 1.29 is 4.79 Å². The molecule has 0 saturated heterocycles. The van der Waals surface area contributed by atoms with E-state index in [1.165, 1.54) is 21.9 Å². The Bertz CT molecular complexity index is 625. The van der Waals surface area contributed by atoms with Crippen molar-refractivity contribution in [3.63, 3.8) is 0 Å². The van der Waals surface area contributed by atoms with Crippen LogP contribution >= 0.6 is 22.7 Å². The van der Waals surface area contributed by atoms with Gasteiger partial charge < -0.3 is 0 Å². The molecule has 112 valence electrons. The first-order chi connectivity index (χ1) is 10.1. The van der Waals surface area contributed by atoms with Gasteiger partial charge in [0.2, 0.25) is 11.0 Å². The molecule has 1 N–H and O–H groups in total. The summed E-state index contributed by atoms with van der Waals surface area (Å²) in [4.78, 5) is 20.1. The molecule has 6 nitrogen and oxygen atoms in total. The molecule has 0 unspecified atom stereocenters. The summed E-state index contributed by atoms with van der Waals surface area (Å²) in [7, 11) is 1.99. The van der Waals surface area contributed by atoms with Gasteiger partial charge in [0.1, 0.15) is 5.51 Å². The Labute approximate surface area is 131 Å². The van der Waals surface area contributed by atoms with Gasteiger partial charge >= 0.3 is 0 Å². The van der Waals surface area contributed by atoms with Gasteiger partial charge in [-0.15, -0.1) is 21.5 Å². The number of carbonyl (C=O) groups excluding carboxylic acids is 1. The molecule has 3 rings (SSSR count). The van der Waals surface area contributed by atoms with Gasteiger partial charge in [0.25, 0.3) is 0 Å². The third kappa shape index (κ3) is 3.28. The Balaban J connectivity index is 1.65. The van der Waals surface area contributed by atoms with E-state index in [0.29, 0.717) is 17.7 Å². The van der Waals surface area contributed by atoms with Crippen molar-refractivity contribution >= 4 is 33.7 Å². The molecule has 1 atom stereocenters. The number of nitrogens with one attached hydrogen (secondary N) is 1. The van der Waals surface area contributed by atoms with E-state index >= 15 is 0 Å². The zero-order valence-corrected chi connectivity index (χ0v) is 13.6. The van der Waals surface area contributed by atoms with Crippen LogP contribution in [-0.4, -0.2) is 39.6 Å². The van der Waals surface area contributed by atoms with Crippen LogP contribution in [0, 0.1) is 6.92 Å². The lowest BCUT2D eigenvalue weighted by Gasteiger charge is -2.29. The van der Waals surface area contributed by atoms with Crippen molar-refractivity contribution in [1.29, 1.82) is 0 Å². The summed E-state index contributed by atoms with van der Waals surface area (Å²) in [5.74, 6) is -0.0531. The highest BCUT2D eigenvalue weighted by molar-refractivity contribution is 7.13. The van der Waals surface area contributed by atoms with Crippen molar-refractivity contribution in [2.45, 2.75) is 32.2 Å². The van der Waals surface area contributed by atoms with Gasteiger partial charge in [0.05, 0.1) is 17.2 Å². The number of rotatable bonds is 4. The fraction of sp³-hybridized carbons (Fsp3) is 0.538. The predicted octanol–water partition coefficient (Wildman–Crippen LogP) is 2.25. The highest BCUT2D eigenvalue weighted by Crippen LogP contribution is 2.37. The van der Waals surface area contributed by atoms with E-state index < -0.39 is 0 Å². The lowest BCUT2D eigenvalue weighted by molar-refractivity contribution is -0.117. The first-order valence-electron chi connectivity index (χ1n) is 6.86. The number of nitrogens with zero attached hydrogens (tertiary/aromatic N) is 4. The number of amides is 1. The normalized spacial score (nSPS) is 17.8. The number of anilines is 1. The first-order valence-corrected chi connectivity index (χ1v) is 8.55. The van der Waals surface area contributed by atoms with Crippen LogP contribution in [0.4, 0.5) is 5.13 Å². The predicted molar refractivity (Wildman–Crippen MR) is 83.7 cm³/mol. The summed E-state index contributed by atoms with van der Waals surface area (Å²) in [5.41, 5.74) is 2.82. The zero-order valence-electron chi connectivity index (χ0n) is 12.0. The standard InChI is InChI=1S/C13H17N5OS2/c1-8-15-9-4-3-5-10(12(9)21-8)18(2)6-11(19)16-13-17-14-7-20-13/h7,10H,3-6H2,1-2H3,(H,16,17,19)/t10-/m0/s1. The molecule has 1 aliphatic carbocycles. The van der Waals surface area contributed by atoms with E-state index in [2.05, 4.69) is 25.4 Å². The van der Waals surface area contributed by atoms with E-state index in [4.69, 9.17) is 0 Å². The molecular weight excluding hydrogens is 306 g/mol. The molecule has 21 heavy (non-hydrogen) atoms. The van der Waals surface area contributed by atoms with Crippen molar-refractivity contribution in [3.05, 3.63) is 21.1 Å². The van der Waals surface area contributed by atoms with E-state index in [1.807, 2.05) is 14.0 Å². The van der Waals surface area contributed by atoms with Crippen LogP contribution in [0.5, 0.6) is 0 Å². The molecule has 0 fully saturated rings. The SMILES string of the molecule is Cc1nc2c(s1)[C@@H](N(C)CC(=O)Nc1nncs1)CCC2. The number of likely N-dealkylation sites (N-methyl/N-ethyl adjacent to an activating group) is 1. The average Bonchev–Trinajstić information content (AvgIpc) is 3.05. The second kappa shape index (κ2) is 6.17. The average molecular weight is 323 g/mol. The first kappa shape index (κ1) is 14.6. The fourth-order valence-electron chi connectivity index (χ4n) is 2.66. The summed E-state index contributed by atoms with van der Waals surface area (Å²) in [5, 5.41) is 12.0. The third-order valence-corrected chi connectivity index (χ3v) is 5.28. The quantitative estimate of drug-likeness (QED) is 0.934. The van der Waals surface area contributed by atoms with E-state index in [-0.39, 0.29) is 5.91 Å². The van der Waals surface area contributed by atoms with Gasteiger partial charge in [0, 0.05) is 10.9 Å². The summed E-state index contributed by atoms with van der Waals surface area (Å²) < 4.78 is 0. The topological polar surface area (TPSA) is 71.0 Å². The molecule has 0 radical (unpaired) electrons. The smallest absolute Gasteiger partial charge is 0.240 e. The van der Waals surface area contributed by atoms with Crippen LogP contribution in [0.3, 0.4) is 0 Å². The van der Waals surface area contributed by atoms with Gasteiger partial charge in [0.15, 0.2) is 0 Å². The monoisotopic (exact) mass is 323 g/mol. The molecule has 2 heterocycles. The van der Waals surface area contributed by atoms with Crippen LogP contribution < -0.4 is 5.32 Å². The Morgan fingerprint density at radius 2 is 2.43 bits per heavy atom. The minimum absolute atomic E-state index is 0.0531. The Morgan fingerprint density at radius 3 is 3.19 bits per heavy atom. The molecule has 0 spiro atoms. The zero-order chi connectivity index (χ0) is 14.8. The second-order valence-corrected chi connectivity index (χ2v) is 7.23. The Kier molecular flexibility index (Phi) is 4.27. The van der Waals surface area contributed by atoms with E-state index in [0.717, 1.165) is 24.3 Å². The lowest BCUT2D eigenvalue weighted by Crippen LogP contribution is -2.34. The van der Waals surface area contributed by atoms with Crippen molar-refractivity contribution in [1.82, 2.24) is 20.1 Å². The maximum atomic E-state index is 12.1. The summed E-state index contributed by atoms with van der Waals surface area (Å²) in [6.45, 7) is 2.39. The second-order valence-electron chi connectivity index (χ2n) is 5.16. The van der Waals surface area contributed by atoms with Gasteiger partial charge in [-0.05, 0) is 33.2 Å². The number of hydrogen-bond donors (Lipinski definition) is 1. The summed E-state index contributed by atoms with van der Waals surface area (Å²) in [6.07, 6.45) is 3.27. The lowest BCUT2D eigenvalue weighted by atomic mass is 9.97. The van der Waals surface area contributed by atoms with E-state index in [9.17, 15) is 4.79 Å². The molecule has 0 aromatic carbocycles. The van der Waals surface area contributed by atoms with Crippen molar-refractivity contribution in [2.75, 3.05) is 18.9 Å². The summed E-state index contributed by atoms with van der Waals surface area (Å²) >= 11 is 3.08. The number of aryl methyl sites for hydroxylation is 2. The van der Waals surface area contributed by atoms with Crippen LogP contribution in [0.1, 0.15) is 34.5 Å². The molecule has 1 aliphatic rings. The highest BCUT2D eigenvalue weighted by Gasteiger charge is 2.28. The number of fused-ring (bicyclic) bond motifs is 1. The van der Waals surface area contributed by atoms with Gasteiger partial charge in [-0.3, -0.25) is 15.0 Å². The van der Waals surface area contributed by atoms with Crippen molar-refractivity contribution in [3.8, 4) is 0 Å². The van der Waals surface area contributed by atoms with Gasteiger partial charge in [-0.2, -0.15) is 0 Å². The van der Waals surface area contributed by atoms with Gasteiger partial charge in [-0.1, -0.05) is 11.3 Å². The minimum atomic E-state index is -0.0531. The number of aromatic nitrogens is 3. The van der Waals surface area contributed by atoms with Crippen LogP contribution in [0.15, 0.2) is 5.51 Å². The van der Waals surface area contributed by atoms with Crippen LogP contribution in [0.2, 0.25) is 0 Å². The van der Waals surface area contributed by atoms with E-state index in [1.54, 1.807) is 16.8 Å². The molecule has 2 aromatic rings. The van der Waals surface area contributed by atoms with Crippen LogP contribution in [-0.2, 0) is 11.2 Å². The fourth-order valence-corrected chi connectivity index (χ4v) is 4.30. The largest absolute Gasteiger partial charge is 0.299 e. The molecule has 2 aromatic heterocycles. The number of thiazole rings is 1. The molecular formula is C13H17N5OS2. The maximum absolute atomic E-state index is 12.1. The molecule has 0 aliphatic heterocycles. The molecule has 1 amide bonds. The Hall–Kier alpha value is -1.38. The molecule has 0 bridgehead atoms. The van der Waals surface area contributed by atoms with Crippen molar-refractivity contribution in [2.24, 2.45) is 0 Å². The number of carbonyl (C=O) groups is 1. The number of hydrogen-bond acceptors (Lipinski definition) is 7. The minimum Gasteiger partial charge on any atom is -0.299 e. The third-order valence-electron chi connectivity index (χ3n) is 3.56.